The van der Waals surface area contributed by atoms with E-state index in [1.807, 2.05) is 21.1 Å². The van der Waals surface area contributed by atoms with E-state index in [-0.39, 0.29) is 42.7 Å². The van der Waals surface area contributed by atoms with E-state index >= 15 is 0 Å². The van der Waals surface area contributed by atoms with E-state index in [9.17, 15) is 19.5 Å². The van der Waals surface area contributed by atoms with Crippen LogP contribution in [0.1, 0.15) is 264 Å². The van der Waals surface area contributed by atoms with Gasteiger partial charge in [-0.05, 0) is 38.5 Å². The summed E-state index contributed by atoms with van der Waals surface area (Å²) in [5.41, 5.74) is 0. The number of rotatable bonds is 49. The zero-order valence-electron chi connectivity index (χ0n) is 41.8. The molecule has 0 aliphatic heterocycles. The summed E-state index contributed by atoms with van der Waals surface area (Å²) in [5, 5.41) is 11.7. The molecule has 0 aromatic heterocycles. The number of carbonyl (C=O) groups excluding carboxylic acids is 3. The first-order chi connectivity index (χ1) is 30.1. The van der Waals surface area contributed by atoms with Crippen LogP contribution in [0.3, 0.4) is 0 Å². The minimum atomic E-state index is -1.12. The normalized spacial score (nSPS) is 12.9. The molecule has 0 aliphatic carbocycles. The molecule has 0 heterocycles. The zero-order valence-corrected chi connectivity index (χ0v) is 41.8. The summed E-state index contributed by atoms with van der Waals surface area (Å²) in [6, 6.07) is -0.724. The van der Waals surface area contributed by atoms with E-state index in [0.29, 0.717) is 12.8 Å². The molecule has 0 aliphatic rings. The number of likely N-dealkylation sites (N-methyl/N-ethyl adjacent to an activating group) is 1. The van der Waals surface area contributed by atoms with E-state index < -0.39 is 18.1 Å². The lowest BCUT2D eigenvalue weighted by Gasteiger charge is -2.34. The third-order valence-electron chi connectivity index (χ3n) is 12.4. The topological polar surface area (TPSA) is 102 Å². The Morgan fingerprint density at radius 1 is 0.468 bits per heavy atom. The second kappa shape index (κ2) is 45.6. The molecule has 8 heteroatoms. The molecular formula is C54H103NO7. The van der Waals surface area contributed by atoms with Gasteiger partial charge < -0.3 is 28.6 Å². The molecule has 0 aromatic carbocycles. The number of carboxylic acid groups (broad SMARTS) is 1. The molecule has 0 N–H and O–H groups in total. The van der Waals surface area contributed by atoms with Crippen LogP contribution in [0, 0.1) is 0 Å². The summed E-state index contributed by atoms with van der Waals surface area (Å²) in [6.45, 7) is 4.70. The average molecular weight is 878 g/mol. The maximum Gasteiger partial charge on any atom is 0.306 e. The first kappa shape index (κ1) is 60.1. The van der Waals surface area contributed by atoms with Crippen molar-refractivity contribution in [1.29, 1.82) is 0 Å². The van der Waals surface area contributed by atoms with Crippen molar-refractivity contribution in [2.75, 3.05) is 41.0 Å². The van der Waals surface area contributed by atoms with Crippen molar-refractivity contribution in [3.63, 3.8) is 0 Å². The van der Waals surface area contributed by atoms with Crippen molar-refractivity contribution < 1.29 is 38.2 Å². The van der Waals surface area contributed by atoms with Crippen molar-refractivity contribution in [2.24, 2.45) is 0 Å². The van der Waals surface area contributed by atoms with Crippen LogP contribution in [0.5, 0.6) is 0 Å². The average Bonchev–Trinajstić information content (AvgIpc) is 3.23. The molecule has 0 fully saturated rings. The van der Waals surface area contributed by atoms with Gasteiger partial charge >= 0.3 is 11.9 Å². The zero-order chi connectivity index (χ0) is 45.6. The lowest BCUT2D eigenvalue weighted by molar-refractivity contribution is -0.889. The highest BCUT2D eigenvalue weighted by Crippen LogP contribution is 2.17. The fourth-order valence-corrected chi connectivity index (χ4v) is 8.25. The van der Waals surface area contributed by atoms with Crippen molar-refractivity contribution in [3.8, 4) is 0 Å². The SMILES string of the molecule is CCCCCCCCC/C=C/CCCCCCCC(=O)OC(COCCC(C(=O)[O-])[N+](C)(C)C)COC(=O)CCCCCCCCCCCCCCCCCCCCCCCC. The monoisotopic (exact) mass is 878 g/mol. The Morgan fingerprint density at radius 3 is 1.16 bits per heavy atom. The van der Waals surface area contributed by atoms with E-state index in [1.54, 1.807) is 0 Å². The molecule has 0 aromatic rings. The summed E-state index contributed by atoms with van der Waals surface area (Å²) in [4.78, 5) is 37.0. The summed E-state index contributed by atoms with van der Waals surface area (Å²) >= 11 is 0. The number of quaternary nitrogens is 1. The predicted molar refractivity (Wildman–Crippen MR) is 259 cm³/mol. The second-order valence-electron chi connectivity index (χ2n) is 19.5. The largest absolute Gasteiger partial charge is 0.544 e. The molecule has 0 spiro atoms. The lowest BCUT2D eigenvalue weighted by atomic mass is 10.0. The highest BCUT2D eigenvalue weighted by Gasteiger charge is 2.25. The summed E-state index contributed by atoms with van der Waals surface area (Å²) in [7, 11) is 5.42. The number of carboxylic acids is 1. The van der Waals surface area contributed by atoms with Crippen LogP contribution in [0.25, 0.3) is 0 Å². The number of esters is 2. The molecule has 2 unspecified atom stereocenters. The summed E-state index contributed by atoms with van der Waals surface area (Å²) in [6.07, 6.45) is 51.0. The minimum Gasteiger partial charge on any atom is -0.544 e. The Bertz CT molecular complexity index is 1020. The molecule has 2 atom stereocenters. The Morgan fingerprint density at radius 2 is 0.806 bits per heavy atom. The van der Waals surface area contributed by atoms with Crippen LogP contribution in [0.15, 0.2) is 12.2 Å². The molecule has 0 saturated carbocycles. The van der Waals surface area contributed by atoms with Gasteiger partial charge in [0.2, 0.25) is 0 Å². The Balaban J connectivity index is 4.16. The van der Waals surface area contributed by atoms with E-state index in [0.717, 1.165) is 51.4 Å². The quantitative estimate of drug-likeness (QED) is 0.0260. The molecule has 0 bridgehead atoms. The van der Waals surface area contributed by atoms with Crippen LogP contribution < -0.4 is 5.11 Å². The molecule has 366 valence electrons. The van der Waals surface area contributed by atoms with Gasteiger partial charge in [-0.1, -0.05) is 219 Å². The lowest BCUT2D eigenvalue weighted by Crippen LogP contribution is -2.55. The van der Waals surface area contributed by atoms with Crippen LogP contribution in [0.4, 0.5) is 0 Å². The first-order valence-electron chi connectivity index (χ1n) is 26.7. The third-order valence-corrected chi connectivity index (χ3v) is 12.4. The maximum atomic E-state index is 12.8. The van der Waals surface area contributed by atoms with Gasteiger partial charge in [-0.2, -0.15) is 0 Å². The van der Waals surface area contributed by atoms with Crippen LogP contribution in [-0.2, 0) is 28.6 Å². The van der Waals surface area contributed by atoms with Gasteiger partial charge in [0.05, 0.1) is 40.3 Å². The van der Waals surface area contributed by atoms with Crippen LogP contribution in [-0.4, -0.2) is 75.5 Å². The smallest absolute Gasteiger partial charge is 0.306 e. The van der Waals surface area contributed by atoms with Crippen molar-refractivity contribution in [2.45, 2.75) is 276 Å². The second-order valence-corrected chi connectivity index (χ2v) is 19.5. The van der Waals surface area contributed by atoms with Crippen molar-refractivity contribution in [1.82, 2.24) is 0 Å². The van der Waals surface area contributed by atoms with Crippen LogP contribution >= 0.6 is 0 Å². The van der Waals surface area contributed by atoms with Gasteiger partial charge in [-0.3, -0.25) is 9.59 Å². The third kappa shape index (κ3) is 43.3. The predicted octanol–water partition coefficient (Wildman–Crippen LogP) is 14.1. The first-order valence-corrected chi connectivity index (χ1v) is 26.7. The molecule has 0 amide bonds. The van der Waals surface area contributed by atoms with Crippen LogP contribution in [0.2, 0.25) is 0 Å². The number of ether oxygens (including phenoxy) is 3. The number of unbranched alkanes of at least 4 members (excludes halogenated alkanes) is 33. The highest BCUT2D eigenvalue weighted by atomic mass is 16.6. The summed E-state index contributed by atoms with van der Waals surface area (Å²) < 4.78 is 17.3. The molecular weight excluding hydrogens is 775 g/mol. The number of carbonyl (C=O) groups is 3. The highest BCUT2D eigenvalue weighted by molar-refractivity contribution is 5.70. The van der Waals surface area contributed by atoms with E-state index in [1.165, 1.54) is 180 Å². The molecule has 8 nitrogen and oxygen atoms in total. The fourth-order valence-electron chi connectivity index (χ4n) is 8.25. The minimum absolute atomic E-state index is 0.0435. The Labute approximate surface area is 384 Å². The van der Waals surface area contributed by atoms with Gasteiger partial charge in [0.15, 0.2) is 6.10 Å². The Hall–Kier alpha value is -1.93. The Kier molecular flexibility index (Phi) is 44.2. The molecule has 0 rings (SSSR count). The number of nitrogens with zero attached hydrogens (tertiary/aromatic N) is 1. The molecule has 0 radical (unpaired) electrons. The number of hydrogen-bond donors (Lipinski definition) is 0. The van der Waals surface area contributed by atoms with Gasteiger partial charge in [0.1, 0.15) is 12.6 Å². The molecule has 62 heavy (non-hydrogen) atoms. The van der Waals surface area contributed by atoms with Gasteiger partial charge in [-0.15, -0.1) is 0 Å². The van der Waals surface area contributed by atoms with Gasteiger partial charge in [-0.25, -0.2) is 0 Å². The summed E-state index contributed by atoms with van der Waals surface area (Å²) in [5.74, 6) is -1.72. The van der Waals surface area contributed by atoms with E-state index in [2.05, 4.69) is 26.0 Å². The number of hydrogen-bond acceptors (Lipinski definition) is 7. The maximum absolute atomic E-state index is 12.8. The fraction of sp³-hybridized carbons (Fsp3) is 0.907. The molecule has 0 saturated heterocycles. The van der Waals surface area contributed by atoms with Gasteiger partial charge in [0, 0.05) is 19.3 Å². The van der Waals surface area contributed by atoms with Crippen molar-refractivity contribution >= 4 is 17.9 Å². The van der Waals surface area contributed by atoms with Gasteiger partial charge in [0.25, 0.3) is 0 Å². The van der Waals surface area contributed by atoms with Crippen molar-refractivity contribution in [3.05, 3.63) is 12.2 Å². The standard InChI is InChI=1S/C54H103NO7/c1-6-8-10-12-14-16-18-20-22-24-25-26-27-28-29-31-32-34-36-38-40-42-44-52(56)61-49-50(48-60-47-46-51(54(58)59)55(3,4)5)62-53(57)45-43-41-39-37-35-33-30-23-21-19-17-15-13-11-9-7-2/h23,30,50-51H,6-22,24-29,31-49H2,1-5H3/b30-23+. The number of allylic oxidation sites excluding steroid dienone is 2. The van der Waals surface area contributed by atoms with E-state index in [4.69, 9.17) is 14.2 Å². The number of aliphatic carboxylic acids is 1.